The van der Waals surface area contributed by atoms with Crippen molar-refractivity contribution in [2.45, 2.75) is 19.3 Å². The molecule has 7 heteroatoms. The van der Waals surface area contributed by atoms with Crippen LogP contribution in [0.15, 0.2) is 36.5 Å². The fraction of sp³-hybridized carbons (Fsp3) is 0.444. The van der Waals surface area contributed by atoms with Crippen LogP contribution in [-0.4, -0.2) is 47.3 Å². The number of benzene rings is 1. The number of halogens is 2. The standard InChI is InChI=1S/C18H23ClN4O.ClH/c1-20-9-5-14-6-10-22(11-7-14)18(24)17-8-12-23(21-17)16-4-2-3-15(19)13-16;/h2-4,8,12-14,20H,5-7,9-11H2,1H3;1H. The molecule has 136 valence electrons. The smallest absolute Gasteiger partial charge is 0.274 e. The highest BCUT2D eigenvalue weighted by Crippen LogP contribution is 2.21. The van der Waals surface area contributed by atoms with Gasteiger partial charge in [0.25, 0.3) is 5.91 Å². The zero-order valence-corrected chi connectivity index (χ0v) is 15.9. The molecule has 2 aromatic rings. The number of carbonyl (C=O) groups excluding carboxylic acids is 1. The van der Waals surface area contributed by atoms with Crippen LogP contribution in [0.3, 0.4) is 0 Å². The highest BCUT2D eigenvalue weighted by atomic mass is 35.5. The molecule has 0 unspecified atom stereocenters. The lowest BCUT2D eigenvalue weighted by atomic mass is 9.93. The Morgan fingerprint density at radius 2 is 2.08 bits per heavy atom. The number of nitrogens with zero attached hydrogens (tertiary/aromatic N) is 3. The van der Waals surface area contributed by atoms with E-state index in [1.807, 2.05) is 36.2 Å². The molecule has 5 nitrogen and oxygen atoms in total. The maximum absolute atomic E-state index is 12.6. The van der Waals surface area contributed by atoms with Gasteiger partial charge in [-0.3, -0.25) is 4.79 Å². The van der Waals surface area contributed by atoms with Crippen LogP contribution >= 0.6 is 24.0 Å². The minimum Gasteiger partial charge on any atom is -0.337 e. The number of hydrogen-bond donors (Lipinski definition) is 1. The topological polar surface area (TPSA) is 50.2 Å². The molecule has 1 aromatic heterocycles. The molecule has 0 bridgehead atoms. The molecule has 0 saturated carbocycles. The maximum Gasteiger partial charge on any atom is 0.274 e. The molecule has 0 aliphatic carbocycles. The number of amides is 1. The molecule has 1 amide bonds. The van der Waals surface area contributed by atoms with E-state index >= 15 is 0 Å². The molecule has 1 saturated heterocycles. The highest BCUT2D eigenvalue weighted by molar-refractivity contribution is 6.30. The van der Waals surface area contributed by atoms with E-state index in [0.717, 1.165) is 38.2 Å². The van der Waals surface area contributed by atoms with Crippen LogP contribution in [0, 0.1) is 5.92 Å². The van der Waals surface area contributed by atoms with Gasteiger partial charge in [-0.1, -0.05) is 17.7 Å². The summed E-state index contributed by atoms with van der Waals surface area (Å²) in [5, 5.41) is 8.27. The summed E-state index contributed by atoms with van der Waals surface area (Å²) >= 11 is 6.01. The summed E-state index contributed by atoms with van der Waals surface area (Å²) in [6, 6.07) is 9.21. The SMILES string of the molecule is CNCCC1CCN(C(=O)c2ccn(-c3cccc(Cl)c3)n2)CC1.Cl. The zero-order valence-electron chi connectivity index (χ0n) is 14.3. The fourth-order valence-corrected chi connectivity index (χ4v) is 3.32. The number of nitrogens with one attached hydrogen (secondary N) is 1. The Morgan fingerprint density at radius 3 is 2.76 bits per heavy atom. The van der Waals surface area contributed by atoms with Crippen molar-refractivity contribution < 1.29 is 4.79 Å². The molecule has 1 fully saturated rings. The van der Waals surface area contributed by atoms with Crippen molar-refractivity contribution in [1.82, 2.24) is 20.0 Å². The van der Waals surface area contributed by atoms with Crippen LogP contribution in [0.2, 0.25) is 5.02 Å². The van der Waals surface area contributed by atoms with E-state index in [4.69, 9.17) is 11.6 Å². The summed E-state index contributed by atoms with van der Waals surface area (Å²) in [5.41, 5.74) is 1.34. The molecule has 0 spiro atoms. The summed E-state index contributed by atoms with van der Waals surface area (Å²) in [6.45, 7) is 2.68. The van der Waals surface area contributed by atoms with Gasteiger partial charge in [-0.2, -0.15) is 5.10 Å². The fourth-order valence-electron chi connectivity index (χ4n) is 3.14. The van der Waals surface area contributed by atoms with E-state index in [1.165, 1.54) is 6.42 Å². The van der Waals surface area contributed by atoms with Gasteiger partial charge in [0.2, 0.25) is 0 Å². The monoisotopic (exact) mass is 382 g/mol. The van der Waals surface area contributed by atoms with E-state index in [-0.39, 0.29) is 18.3 Å². The first-order valence-electron chi connectivity index (χ1n) is 8.43. The van der Waals surface area contributed by atoms with Crippen LogP contribution in [0.25, 0.3) is 5.69 Å². The third-order valence-corrected chi connectivity index (χ3v) is 4.82. The molecule has 3 rings (SSSR count). The summed E-state index contributed by atoms with van der Waals surface area (Å²) in [4.78, 5) is 14.6. The molecule has 1 N–H and O–H groups in total. The third-order valence-electron chi connectivity index (χ3n) is 4.59. The number of piperidine rings is 1. The Hall–Kier alpha value is -1.56. The lowest BCUT2D eigenvalue weighted by molar-refractivity contribution is 0.0680. The Balaban J connectivity index is 0.00000225. The van der Waals surface area contributed by atoms with Gasteiger partial charge < -0.3 is 10.2 Å². The summed E-state index contributed by atoms with van der Waals surface area (Å²) in [5.74, 6) is 0.730. The van der Waals surface area contributed by atoms with Crippen molar-refractivity contribution in [3.05, 3.63) is 47.2 Å². The number of hydrogen-bond acceptors (Lipinski definition) is 3. The van der Waals surface area contributed by atoms with E-state index in [0.29, 0.717) is 16.6 Å². The molecule has 2 heterocycles. The second kappa shape index (κ2) is 9.22. The molecule has 1 aromatic carbocycles. The molecule has 1 aliphatic heterocycles. The quantitative estimate of drug-likeness (QED) is 0.861. The predicted molar refractivity (Wildman–Crippen MR) is 103 cm³/mol. The minimum atomic E-state index is 0. The van der Waals surface area contributed by atoms with E-state index in [9.17, 15) is 4.79 Å². The van der Waals surface area contributed by atoms with E-state index in [2.05, 4.69) is 10.4 Å². The molecule has 0 radical (unpaired) electrons. The van der Waals surface area contributed by atoms with Gasteiger partial charge in [0, 0.05) is 24.3 Å². The molecule has 25 heavy (non-hydrogen) atoms. The third kappa shape index (κ3) is 4.97. The van der Waals surface area contributed by atoms with Gasteiger partial charge >= 0.3 is 0 Å². The highest BCUT2D eigenvalue weighted by Gasteiger charge is 2.24. The van der Waals surface area contributed by atoms with Crippen molar-refractivity contribution in [3.8, 4) is 5.69 Å². The van der Waals surface area contributed by atoms with Gasteiger partial charge in [-0.05, 0) is 63.0 Å². The van der Waals surface area contributed by atoms with E-state index < -0.39 is 0 Å². The summed E-state index contributed by atoms with van der Waals surface area (Å²) in [6.07, 6.45) is 5.13. The van der Waals surface area contributed by atoms with Crippen LogP contribution in [0.5, 0.6) is 0 Å². The minimum absolute atomic E-state index is 0. The van der Waals surface area contributed by atoms with Gasteiger partial charge in [-0.15, -0.1) is 12.4 Å². The second-order valence-corrected chi connectivity index (χ2v) is 6.69. The van der Waals surface area contributed by atoms with Crippen LogP contribution in [-0.2, 0) is 0 Å². The molecule has 1 aliphatic rings. The Kier molecular flexibility index (Phi) is 7.29. The van der Waals surface area contributed by atoms with Gasteiger partial charge in [0.05, 0.1) is 5.69 Å². The largest absolute Gasteiger partial charge is 0.337 e. The average Bonchev–Trinajstić information content (AvgIpc) is 3.10. The lowest BCUT2D eigenvalue weighted by Gasteiger charge is -2.31. The number of rotatable bonds is 5. The summed E-state index contributed by atoms with van der Waals surface area (Å²) < 4.78 is 1.69. The first kappa shape index (κ1) is 19.8. The predicted octanol–water partition coefficient (Wildman–Crippen LogP) is 3.41. The van der Waals surface area contributed by atoms with Crippen molar-refractivity contribution in [2.75, 3.05) is 26.7 Å². The van der Waals surface area contributed by atoms with Crippen molar-refractivity contribution in [1.29, 1.82) is 0 Å². The number of likely N-dealkylation sites (tertiary alicyclic amines) is 1. The normalized spacial score (nSPS) is 15.0. The van der Waals surface area contributed by atoms with Gasteiger partial charge in [0.15, 0.2) is 5.69 Å². The Labute approximate surface area is 159 Å². The van der Waals surface area contributed by atoms with Gasteiger partial charge in [0.1, 0.15) is 0 Å². The van der Waals surface area contributed by atoms with Gasteiger partial charge in [-0.25, -0.2) is 4.68 Å². The molecular weight excluding hydrogens is 359 g/mol. The first-order chi connectivity index (χ1) is 11.7. The second-order valence-electron chi connectivity index (χ2n) is 6.25. The Bertz CT molecular complexity index is 696. The zero-order chi connectivity index (χ0) is 16.9. The van der Waals surface area contributed by atoms with Crippen molar-refractivity contribution in [2.24, 2.45) is 5.92 Å². The van der Waals surface area contributed by atoms with E-state index in [1.54, 1.807) is 16.9 Å². The van der Waals surface area contributed by atoms with Crippen LogP contribution < -0.4 is 5.32 Å². The summed E-state index contributed by atoms with van der Waals surface area (Å²) in [7, 11) is 1.98. The van der Waals surface area contributed by atoms with Crippen LogP contribution in [0.1, 0.15) is 29.8 Å². The van der Waals surface area contributed by atoms with Crippen molar-refractivity contribution in [3.63, 3.8) is 0 Å². The van der Waals surface area contributed by atoms with Crippen LogP contribution in [0.4, 0.5) is 0 Å². The maximum atomic E-state index is 12.6. The Morgan fingerprint density at radius 1 is 1.32 bits per heavy atom. The number of carbonyl (C=O) groups is 1. The van der Waals surface area contributed by atoms with Crippen molar-refractivity contribution >= 4 is 29.9 Å². The first-order valence-corrected chi connectivity index (χ1v) is 8.80. The number of aromatic nitrogens is 2. The molecular formula is C18H24Cl2N4O. The lowest BCUT2D eigenvalue weighted by Crippen LogP contribution is -2.39. The molecule has 0 atom stereocenters. The average molecular weight is 383 g/mol.